The highest BCUT2D eigenvalue weighted by atomic mass is 32.1. The molecule has 5 rings (SSSR count). The molecule has 4 aromatic carbocycles. The third-order valence-corrected chi connectivity index (χ3v) is 9.74. The van der Waals surface area contributed by atoms with Gasteiger partial charge >= 0.3 is 5.97 Å². The molecule has 0 aliphatic rings. The standard InChI is InChI=1S/C45H49NO5S/c1-4-6-8-10-30-50-39-26-16-34(17-27-39)13-12-33-14-18-38(19-15-33)43(47)46-44-42(45(48)49-3)41(32-52-44)37-22-20-35(21-23-37)36-24-28-40(29-25-36)51-31-11-9-7-5-2/h12-29,32H,4-11,30-31H2,1-3H3,(H,46,47)/b13-12+. The lowest BCUT2D eigenvalue weighted by Gasteiger charge is -2.10. The molecule has 1 aromatic heterocycles. The number of carbonyl (C=O) groups is 2. The van der Waals surface area contributed by atoms with Crippen LogP contribution in [0.2, 0.25) is 0 Å². The number of esters is 1. The van der Waals surface area contributed by atoms with Gasteiger partial charge in [-0.05, 0) is 77.1 Å². The van der Waals surface area contributed by atoms with Gasteiger partial charge in [0.15, 0.2) is 0 Å². The zero-order chi connectivity index (χ0) is 36.5. The summed E-state index contributed by atoms with van der Waals surface area (Å²) in [5.74, 6) is 0.943. The van der Waals surface area contributed by atoms with Crippen LogP contribution in [-0.4, -0.2) is 32.2 Å². The third-order valence-electron chi connectivity index (χ3n) is 8.85. The lowest BCUT2D eigenvalue weighted by Crippen LogP contribution is -2.14. The van der Waals surface area contributed by atoms with Crippen LogP contribution < -0.4 is 14.8 Å². The van der Waals surface area contributed by atoms with Crippen LogP contribution in [-0.2, 0) is 4.74 Å². The van der Waals surface area contributed by atoms with E-state index in [0.717, 1.165) is 65.4 Å². The van der Waals surface area contributed by atoms with E-state index in [9.17, 15) is 9.59 Å². The lowest BCUT2D eigenvalue weighted by atomic mass is 9.99. The van der Waals surface area contributed by atoms with E-state index in [1.807, 2.05) is 90.3 Å². The van der Waals surface area contributed by atoms with Gasteiger partial charge in [0.2, 0.25) is 0 Å². The number of thiophene rings is 1. The van der Waals surface area contributed by atoms with Gasteiger partial charge < -0.3 is 19.5 Å². The van der Waals surface area contributed by atoms with Gasteiger partial charge in [-0.2, -0.15) is 0 Å². The number of unbranched alkanes of at least 4 members (excludes halogenated alkanes) is 6. The van der Waals surface area contributed by atoms with Crippen molar-refractivity contribution in [2.45, 2.75) is 65.2 Å². The Morgan fingerprint density at radius 1 is 0.615 bits per heavy atom. The molecule has 270 valence electrons. The lowest BCUT2D eigenvalue weighted by molar-refractivity contribution is 0.0603. The highest BCUT2D eigenvalue weighted by molar-refractivity contribution is 7.15. The molecule has 52 heavy (non-hydrogen) atoms. The smallest absolute Gasteiger partial charge is 0.341 e. The zero-order valence-electron chi connectivity index (χ0n) is 30.5. The van der Waals surface area contributed by atoms with E-state index in [-0.39, 0.29) is 5.91 Å². The minimum absolute atomic E-state index is 0.303. The van der Waals surface area contributed by atoms with Gasteiger partial charge in [-0.15, -0.1) is 11.3 Å². The number of methoxy groups -OCH3 is 1. The molecule has 0 aliphatic carbocycles. The molecule has 0 radical (unpaired) electrons. The van der Waals surface area contributed by atoms with Crippen molar-refractivity contribution >= 4 is 40.4 Å². The zero-order valence-corrected chi connectivity index (χ0v) is 31.3. The van der Waals surface area contributed by atoms with E-state index in [2.05, 4.69) is 31.3 Å². The monoisotopic (exact) mass is 715 g/mol. The Morgan fingerprint density at radius 3 is 1.62 bits per heavy atom. The summed E-state index contributed by atoms with van der Waals surface area (Å²) in [6, 6.07) is 31.6. The van der Waals surface area contributed by atoms with Gasteiger partial charge in [0.25, 0.3) is 5.91 Å². The van der Waals surface area contributed by atoms with Crippen LogP contribution in [0.25, 0.3) is 34.4 Å². The van der Waals surface area contributed by atoms with E-state index in [1.165, 1.54) is 57.0 Å². The van der Waals surface area contributed by atoms with Crippen molar-refractivity contribution in [1.29, 1.82) is 0 Å². The first-order valence-electron chi connectivity index (χ1n) is 18.3. The van der Waals surface area contributed by atoms with Gasteiger partial charge in [-0.25, -0.2) is 4.79 Å². The molecular formula is C45H49NO5S. The van der Waals surface area contributed by atoms with E-state index in [0.29, 0.717) is 21.7 Å². The number of hydrogen-bond acceptors (Lipinski definition) is 6. The van der Waals surface area contributed by atoms with E-state index >= 15 is 0 Å². The minimum atomic E-state index is -0.507. The second-order valence-corrected chi connectivity index (χ2v) is 13.6. The summed E-state index contributed by atoms with van der Waals surface area (Å²) in [6.45, 7) is 5.88. The number of rotatable bonds is 19. The predicted octanol–water partition coefficient (Wildman–Crippen LogP) is 12.2. The van der Waals surface area contributed by atoms with Crippen molar-refractivity contribution in [2.75, 3.05) is 25.6 Å². The normalized spacial score (nSPS) is 11.1. The summed E-state index contributed by atoms with van der Waals surface area (Å²) < 4.78 is 16.9. The maximum Gasteiger partial charge on any atom is 0.341 e. The topological polar surface area (TPSA) is 73.9 Å². The molecule has 0 saturated carbocycles. The van der Waals surface area contributed by atoms with Gasteiger partial charge in [-0.1, -0.05) is 125 Å². The first-order valence-corrected chi connectivity index (χ1v) is 19.2. The summed E-state index contributed by atoms with van der Waals surface area (Å²) in [5, 5.41) is 5.26. The first kappa shape index (κ1) is 38.1. The molecule has 0 bridgehead atoms. The summed E-state index contributed by atoms with van der Waals surface area (Å²) in [4.78, 5) is 26.3. The summed E-state index contributed by atoms with van der Waals surface area (Å²) in [7, 11) is 1.35. The highest BCUT2D eigenvalue weighted by Gasteiger charge is 2.23. The molecule has 7 heteroatoms. The van der Waals surface area contributed by atoms with Crippen LogP contribution >= 0.6 is 11.3 Å². The molecule has 1 heterocycles. The van der Waals surface area contributed by atoms with Crippen molar-refractivity contribution in [1.82, 2.24) is 0 Å². The maximum atomic E-state index is 13.3. The van der Waals surface area contributed by atoms with Gasteiger partial charge in [0.05, 0.1) is 20.3 Å². The fourth-order valence-electron chi connectivity index (χ4n) is 5.78. The highest BCUT2D eigenvalue weighted by Crippen LogP contribution is 2.37. The number of anilines is 1. The van der Waals surface area contributed by atoms with Crippen LogP contribution in [0.3, 0.4) is 0 Å². The summed E-state index contributed by atoms with van der Waals surface area (Å²) in [6.07, 6.45) is 13.5. The molecule has 0 fully saturated rings. The number of amides is 1. The van der Waals surface area contributed by atoms with E-state index < -0.39 is 5.97 Å². The Hall–Kier alpha value is -5.14. The van der Waals surface area contributed by atoms with E-state index in [4.69, 9.17) is 14.2 Å². The van der Waals surface area contributed by atoms with Crippen molar-refractivity contribution in [2.24, 2.45) is 0 Å². The Bertz CT molecular complexity index is 1870. The second-order valence-electron chi connectivity index (χ2n) is 12.7. The number of benzene rings is 4. The van der Waals surface area contributed by atoms with Gasteiger partial charge in [0, 0.05) is 16.5 Å². The minimum Gasteiger partial charge on any atom is -0.494 e. The summed E-state index contributed by atoms with van der Waals surface area (Å²) >= 11 is 1.30. The predicted molar refractivity (Wildman–Crippen MR) is 216 cm³/mol. The molecule has 0 saturated heterocycles. The van der Waals surface area contributed by atoms with Gasteiger partial charge in [-0.3, -0.25) is 4.79 Å². The quantitative estimate of drug-likeness (QED) is 0.0523. The summed E-state index contributed by atoms with van der Waals surface area (Å²) in [5.41, 5.74) is 6.54. The third kappa shape index (κ3) is 10.9. The van der Waals surface area contributed by atoms with Crippen LogP contribution in [0, 0.1) is 0 Å². The van der Waals surface area contributed by atoms with E-state index in [1.54, 1.807) is 12.1 Å². The van der Waals surface area contributed by atoms with Crippen LogP contribution in [0.15, 0.2) is 102 Å². The Morgan fingerprint density at radius 2 is 1.10 bits per heavy atom. The molecule has 1 amide bonds. The molecule has 1 N–H and O–H groups in total. The van der Waals surface area contributed by atoms with Crippen LogP contribution in [0.1, 0.15) is 97.1 Å². The van der Waals surface area contributed by atoms with Crippen LogP contribution in [0.5, 0.6) is 11.5 Å². The molecule has 6 nitrogen and oxygen atoms in total. The SMILES string of the molecule is CCCCCCOc1ccc(/C=C/c2ccc(C(=O)Nc3scc(-c4ccc(-c5ccc(OCCCCCC)cc5)cc4)c3C(=O)OC)cc2)cc1. The number of carbonyl (C=O) groups excluding carboxylic acids is 2. The number of nitrogens with one attached hydrogen (secondary N) is 1. The molecule has 0 aliphatic heterocycles. The fourth-order valence-corrected chi connectivity index (χ4v) is 6.73. The van der Waals surface area contributed by atoms with Crippen molar-refractivity contribution < 1.29 is 23.8 Å². The van der Waals surface area contributed by atoms with Gasteiger partial charge in [0.1, 0.15) is 22.1 Å². The first-order chi connectivity index (χ1) is 25.5. The molecule has 0 spiro atoms. The number of hydrogen-bond donors (Lipinski definition) is 1. The van der Waals surface area contributed by atoms with Crippen LogP contribution in [0.4, 0.5) is 5.00 Å². The average molecular weight is 716 g/mol. The van der Waals surface area contributed by atoms with Crippen molar-refractivity contribution in [3.63, 3.8) is 0 Å². The molecule has 0 atom stereocenters. The largest absolute Gasteiger partial charge is 0.494 e. The second kappa shape index (κ2) is 20.0. The average Bonchev–Trinajstić information content (AvgIpc) is 3.61. The fraction of sp³-hybridized carbons (Fsp3) is 0.289. The molecule has 5 aromatic rings. The number of ether oxygens (including phenoxy) is 3. The Labute approximate surface area is 312 Å². The Balaban J connectivity index is 1.19. The van der Waals surface area contributed by atoms with Crippen molar-refractivity contribution in [3.05, 3.63) is 125 Å². The Kier molecular flexibility index (Phi) is 14.7. The molecule has 0 unspecified atom stereocenters. The van der Waals surface area contributed by atoms with Crippen molar-refractivity contribution in [3.8, 4) is 33.8 Å². The molecular weight excluding hydrogens is 667 g/mol. The maximum absolute atomic E-state index is 13.3.